The fraction of sp³-hybridized carbons (Fsp3) is 0.238. The predicted octanol–water partition coefficient (Wildman–Crippen LogP) is 2.42. The maximum Gasteiger partial charge on any atom is 0.359 e. The number of benzene rings is 2. The van der Waals surface area contributed by atoms with Crippen LogP contribution in [0.4, 0.5) is 0 Å². The van der Waals surface area contributed by atoms with Crippen molar-refractivity contribution in [2.75, 3.05) is 12.9 Å². The number of methoxy groups -OCH3 is 1. The average Bonchev–Trinajstić information content (AvgIpc) is 2.76. The fourth-order valence-electron chi connectivity index (χ4n) is 3.38. The lowest BCUT2D eigenvalue weighted by Crippen LogP contribution is -2.68. The Morgan fingerprint density at radius 2 is 1.68 bits per heavy atom. The number of carbonyl (C=O) groups excluding carboxylic acids is 2. The zero-order chi connectivity index (χ0) is 19.7. The molecule has 2 aromatic rings. The number of carbonyl (C=O) groups is 2. The second kappa shape index (κ2) is 7.69. The van der Waals surface area contributed by atoms with E-state index in [1.807, 2.05) is 60.7 Å². The molecule has 0 unspecified atom stereocenters. The van der Waals surface area contributed by atoms with Crippen molar-refractivity contribution in [3.63, 3.8) is 0 Å². The Balaban J connectivity index is 1.68. The van der Waals surface area contributed by atoms with E-state index in [9.17, 15) is 9.59 Å². The summed E-state index contributed by atoms with van der Waals surface area (Å²) in [5.74, 6) is -0.00844. The van der Waals surface area contributed by atoms with Crippen LogP contribution >= 0.6 is 11.8 Å². The molecule has 28 heavy (non-hydrogen) atoms. The van der Waals surface area contributed by atoms with Gasteiger partial charge in [0.2, 0.25) is 5.91 Å². The number of β-lactam (4-membered cyclic amide) rings is 1. The number of hydrogen-bond acceptors (Lipinski definition) is 6. The van der Waals surface area contributed by atoms with E-state index in [4.69, 9.17) is 15.2 Å². The first kappa shape index (κ1) is 18.6. The quantitative estimate of drug-likeness (QED) is 0.617. The molecule has 6 nitrogen and oxygen atoms in total. The number of hydrogen-bond donors (Lipinski definition) is 1. The number of nitrogens with two attached hydrogens (primary N) is 1. The molecule has 2 heterocycles. The number of nitrogens with zero attached hydrogens (tertiary/aromatic N) is 1. The molecular weight excluding hydrogens is 376 g/mol. The van der Waals surface area contributed by atoms with Crippen LogP contribution in [-0.4, -0.2) is 41.1 Å². The Bertz CT molecular complexity index is 877. The first-order valence-electron chi connectivity index (χ1n) is 8.90. The second-order valence-corrected chi connectivity index (χ2v) is 7.62. The van der Waals surface area contributed by atoms with Crippen molar-refractivity contribution in [3.8, 4) is 0 Å². The number of fused-ring (bicyclic) bond motifs is 1. The van der Waals surface area contributed by atoms with Crippen molar-refractivity contribution >= 4 is 23.6 Å². The standard InChI is InChI=1S/C21H20N2O4S/c1-26-15-12-28-20-16(22)19(24)23(20)17(15)21(25)27-18(13-8-4-2-5-9-13)14-10-6-3-7-11-14/h2-11,16,18,20H,12,22H2,1H3/t16-,20-/m0/s1. The molecule has 0 spiro atoms. The summed E-state index contributed by atoms with van der Waals surface area (Å²) in [6.45, 7) is 0. The van der Waals surface area contributed by atoms with Crippen LogP contribution in [0.15, 0.2) is 72.1 Å². The molecule has 2 aliphatic heterocycles. The van der Waals surface area contributed by atoms with Gasteiger partial charge in [0.05, 0.1) is 12.9 Å². The molecule has 1 amide bonds. The summed E-state index contributed by atoms with van der Waals surface area (Å²) in [6.07, 6.45) is -0.599. The molecule has 1 fully saturated rings. The zero-order valence-electron chi connectivity index (χ0n) is 15.3. The topological polar surface area (TPSA) is 81.9 Å². The van der Waals surface area contributed by atoms with Gasteiger partial charge in [0.1, 0.15) is 17.2 Å². The molecule has 1 saturated heterocycles. The predicted molar refractivity (Wildman–Crippen MR) is 106 cm³/mol. The zero-order valence-corrected chi connectivity index (χ0v) is 16.1. The van der Waals surface area contributed by atoms with Crippen LogP contribution in [0.5, 0.6) is 0 Å². The highest BCUT2D eigenvalue weighted by molar-refractivity contribution is 8.00. The van der Waals surface area contributed by atoms with Crippen LogP contribution in [0.3, 0.4) is 0 Å². The Morgan fingerprint density at radius 1 is 1.11 bits per heavy atom. The Labute approximate surface area is 167 Å². The third-order valence-corrected chi connectivity index (χ3v) is 6.12. The summed E-state index contributed by atoms with van der Waals surface area (Å²) in [4.78, 5) is 26.8. The van der Waals surface area contributed by atoms with E-state index in [2.05, 4.69) is 0 Å². The van der Waals surface area contributed by atoms with E-state index in [0.717, 1.165) is 11.1 Å². The molecule has 2 atom stereocenters. The molecule has 0 saturated carbocycles. The minimum Gasteiger partial charge on any atom is -0.498 e. The van der Waals surface area contributed by atoms with Gasteiger partial charge in [-0.05, 0) is 11.1 Å². The smallest absolute Gasteiger partial charge is 0.359 e. The normalized spacial score (nSPS) is 21.2. The van der Waals surface area contributed by atoms with Gasteiger partial charge in [-0.15, -0.1) is 11.8 Å². The maximum absolute atomic E-state index is 13.2. The number of ether oxygens (including phenoxy) is 2. The summed E-state index contributed by atoms with van der Waals surface area (Å²) in [6, 6.07) is 18.4. The number of esters is 1. The average molecular weight is 396 g/mol. The summed E-state index contributed by atoms with van der Waals surface area (Å²) < 4.78 is 11.3. The molecule has 2 aromatic carbocycles. The van der Waals surface area contributed by atoms with Gasteiger partial charge in [0, 0.05) is 0 Å². The van der Waals surface area contributed by atoms with Gasteiger partial charge in [-0.25, -0.2) is 4.79 Å². The number of thioether (sulfide) groups is 1. The highest BCUT2D eigenvalue weighted by Gasteiger charge is 2.53. The molecule has 2 aliphatic rings. The Kier molecular flexibility index (Phi) is 5.11. The van der Waals surface area contributed by atoms with Crippen molar-refractivity contribution in [1.29, 1.82) is 0 Å². The van der Waals surface area contributed by atoms with Gasteiger partial charge in [-0.2, -0.15) is 0 Å². The van der Waals surface area contributed by atoms with Crippen molar-refractivity contribution in [1.82, 2.24) is 4.90 Å². The van der Waals surface area contributed by atoms with Gasteiger partial charge < -0.3 is 15.2 Å². The van der Waals surface area contributed by atoms with Crippen molar-refractivity contribution in [2.45, 2.75) is 17.5 Å². The molecule has 144 valence electrons. The largest absolute Gasteiger partial charge is 0.498 e. The van der Waals surface area contributed by atoms with Crippen molar-refractivity contribution < 1.29 is 19.1 Å². The van der Waals surface area contributed by atoms with E-state index >= 15 is 0 Å². The van der Waals surface area contributed by atoms with Crippen molar-refractivity contribution in [3.05, 3.63) is 83.2 Å². The van der Waals surface area contributed by atoms with Gasteiger partial charge >= 0.3 is 5.97 Å². The van der Waals surface area contributed by atoms with Gasteiger partial charge in [-0.1, -0.05) is 60.7 Å². The van der Waals surface area contributed by atoms with Crippen LogP contribution < -0.4 is 5.73 Å². The van der Waals surface area contributed by atoms with E-state index < -0.39 is 18.1 Å². The Morgan fingerprint density at radius 3 is 2.21 bits per heavy atom. The van der Waals surface area contributed by atoms with Gasteiger partial charge in [0.25, 0.3) is 0 Å². The molecule has 0 radical (unpaired) electrons. The lowest BCUT2D eigenvalue weighted by molar-refractivity contribution is -0.153. The molecule has 4 rings (SSSR count). The highest BCUT2D eigenvalue weighted by atomic mass is 32.2. The molecular formula is C21H20N2O4S. The van der Waals surface area contributed by atoms with Gasteiger partial charge in [-0.3, -0.25) is 9.69 Å². The number of amides is 1. The lowest BCUT2D eigenvalue weighted by Gasteiger charge is -2.47. The lowest BCUT2D eigenvalue weighted by atomic mass is 10.0. The number of rotatable bonds is 5. The monoisotopic (exact) mass is 396 g/mol. The maximum atomic E-state index is 13.2. The van der Waals surface area contributed by atoms with Gasteiger partial charge in [0.15, 0.2) is 11.8 Å². The Hall–Kier alpha value is -2.77. The summed E-state index contributed by atoms with van der Waals surface area (Å²) in [5, 5.41) is -0.263. The third-order valence-electron chi connectivity index (χ3n) is 4.84. The van der Waals surface area contributed by atoms with Crippen molar-refractivity contribution in [2.24, 2.45) is 5.73 Å². The van der Waals surface area contributed by atoms with E-state index in [1.165, 1.54) is 23.8 Å². The first-order valence-corrected chi connectivity index (χ1v) is 9.95. The molecule has 2 N–H and O–H groups in total. The van der Waals surface area contributed by atoms with Crippen LogP contribution in [0, 0.1) is 0 Å². The molecule has 0 aliphatic carbocycles. The van der Waals surface area contributed by atoms with E-state index in [1.54, 1.807) is 0 Å². The van der Waals surface area contributed by atoms with E-state index in [-0.39, 0.29) is 17.0 Å². The SMILES string of the molecule is COC1=C(C(=O)OC(c2ccccc2)c2ccccc2)N2C(=O)[C@H](N)[C@@H]2SC1. The first-order chi connectivity index (χ1) is 13.6. The highest BCUT2D eigenvalue weighted by Crippen LogP contribution is 2.40. The summed E-state index contributed by atoms with van der Waals surface area (Å²) in [5.41, 5.74) is 7.71. The van der Waals surface area contributed by atoms with E-state index in [0.29, 0.717) is 11.5 Å². The molecule has 7 heteroatoms. The van der Waals surface area contributed by atoms with Crippen LogP contribution in [0.1, 0.15) is 17.2 Å². The summed E-state index contributed by atoms with van der Waals surface area (Å²) >= 11 is 1.48. The molecule has 0 bridgehead atoms. The third kappa shape index (κ3) is 3.16. The minimum atomic E-state index is -0.606. The second-order valence-electron chi connectivity index (χ2n) is 6.52. The van der Waals surface area contributed by atoms with Crippen LogP contribution in [0.25, 0.3) is 0 Å². The summed E-state index contributed by atoms with van der Waals surface area (Å²) in [7, 11) is 1.49. The van der Waals surface area contributed by atoms with Crippen LogP contribution in [-0.2, 0) is 19.1 Å². The minimum absolute atomic E-state index is 0.148. The van der Waals surface area contributed by atoms with Crippen LogP contribution in [0.2, 0.25) is 0 Å². The molecule has 0 aromatic heterocycles. The fourth-order valence-corrected chi connectivity index (χ4v) is 4.64.